The van der Waals surface area contributed by atoms with E-state index in [1.807, 2.05) is 42.5 Å². The number of carbonyl (C=O) groups is 2. The first-order chi connectivity index (χ1) is 14.1. The molecule has 0 saturated carbocycles. The second-order valence-electron chi connectivity index (χ2n) is 7.07. The van der Waals surface area contributed by atoms with Gasteiger partial charge in [-0.25, -0.2) is 9.78 Å². The molecule has 1 fully saturated rings. The SMILES string of the molecule is O=C(Nc1ccc(Cl)cn1)C1CCN(C(=O)Nc2cccc3ccccc23)CC1. The summed E-state index contributed by atoms with van der Waals surface area (Å²) in [6.45, 7) is 1.06. The average Bonchev–Trinajstić information content (AvgIpc) is 2.75. The molecule has 148 valence electrons. The summed E-state index contributed by atoms with van der Waals surface area (Å²) < 4.78 is 0. The van der Waals surface area contributed by atoms with Gasteiger partial charge in [0.2, 0.25) is 5.91 Å². The van der Waals surface area contributed by atoms with Crippen molar-refractivity contribution in [3.8, 4) is 0 Å². The molecule has 3 aromatic rings. The maximum atomic E-state index is 12.7. The number of amides is 3. The van der Waals surface area contributed by atoms with E-state index < -0.39 is 0 Å². The van der Waals surface area contributed by atoms with Crippen LogP contribution < -0.4 is 10.6 Å². The number of pyridine rings is 1. The summed E-state index contributed by atoms with van der Waals surface area (Å²) in [6, 6.07) is 17.0. The summed E-state index contributed by atoms with van der Waals surface area (Å²) in [4.78, 5) is 31.0. The molecule has 1 aromatic heterocycles. The predicted octanol–water partition coefficient (Wildman–Crippen LogP) is 4.77. The number of rotatable bonds is 3. The summed E-state index contributed by atoms with van der Waals surface area (Å²) in [6.07, 6.45) is 2.72. The minimum atomic E-state index is -0.144. The van der Waals surface area contributed by atoms with Gasteiger partial charge in [-0.05, 0) is 36.4 Å². The lowest BCUT2D eigenvalue weighted by atomic mass is 9.96. The number of hydrogen-bond donors (Lipinski definition) is 2. The first-order valence-electron chi connectivity index (χ1n) is 9.56. The van der Waals surface area contributed by atoms with Gasteiger partial charge >= 0.3 is 6.03 Å². The van der Waals surface area contributed by atoms with Crippen LogP contribution in [0.3, 0.4) is 0 Å². The molecule has 2 N–H and O–H groups in total. The Balaban J connectivity index is 1.33. The Kier molecular flexibility index (Phi) is 5.62. The van der Waals surface area contributed by atoms with Gasteiger partial charge in [0.05, 0.1) is 10.7 Å². The standard InChI is InChI=1S/C22H21ClN4O2/c23-17-8-9-20(24-14-17)26-21(28)16-10-12-27(13-11-16)22(29)25-19-7-3-5-15-4-1-2-6-18(15)19/h1-9,14,16H,10-13H2,(H,25,29)(H,24,26,28). The van der Waals surface area contributed by atoms with E-state index in [4.69, 9.17) is 11.6 Å². The molecule has 0 spiro atoms. The number of nitrogens with one attached hydrogen (secondary N) is 2. The fraction of sp³-hybridized carbons (Fsp3) is 0.227. The summed E-state index contributed by atoms with van der Waals surface area (Å²) >= 11 is 5.81. The van der Waals surface area contributed by atoms with Crippen molar-refractivity contribution in [2.45, 2.75) is 12.8 Å². The van der Waals surface area contributed by atoms with Gasteiger partial charge in [-0.15, -0.1) is 0 Å². The Hall–Kier alpha value is -3.12. The van der Waals surface area contributed by atoms with E-state index in [0.29, 0.717) is 36.8 Å². The highest BCUT2D eigenvalue weighted by Gasteiger charge is 2.27. The Labute approximate surface area is 173 Å². The highest BCUT2D eigenvalue weighted by atomic mass is 35.5. The summed E-state index contributed by atoms with van der Waals surface area (Å²) in [5, 5.41) is 8.43. The van der Waals surface area contributed by atoms with Crippen LogP contribution in [0.2, 0.25) is 5.02 Å². The third-order valence-corrected chi connectivity index (χ3v) is 5.39. The molecule has 4 rings (SSSR count). The zero-order chi connectivity index (χ0) is 20.2. The summed E-state index contributed by atoms with van der Waals surface area (Å²) in [5.74, 6) is 0.263. The lowest BCUT2D eigenvalue weighted by molar-refractivity contribution is -0.121. The first kappa shape index (κ1) is 19.2. The summed E-state index contributed by atoms with van der Waals surface area (Å²) in [5.41, 5.74) is 0.793. The molecule has 2 aromatic carbocycles. The van der Waals surface area contributed by atoms with Gasteiger partial charge in [0, 0.05) is 30.6 Å². The van der Waals surface area contributed by atoms with Gasteiger partial charge in [-0.2, -0.15) is 0 Å². The van der Waals surface area contributed by atoms with Crippen molar-refractivity contribution in [2.75, 3.05) is 23.7 Å². The highest BCUT2D eigenvalue weighted by molar-refractivity contribution is 6.30. The number of aromatic nitrogens is 1. The molecule has 0 radical (unpaired) electrons. The number of halogens is 1. The van der Waals surface area contributed by atoms with Gasteiger partial charge in [0.25, 0.3) is 0 Å². The highest BCUT2D eigenvalue weighted by Crippen LogP contribution is 2.25. The van der Waals surface area contributed by atoms with E-state index in [0.717, 1.165) is 16.5 Å². The minimum Gasteiger partial charge on any atom is -0.324 e. The monoisotopic (exact) mass is 408 g/mol. The quantitative estimate of drug-likeness (QED) is 0.655. The van der Waals surface area contributed by atoms with Crippen LogP contribution in [0.15, 0.2) is 60.8 Å². The van der Waals surface area contributed by atoms with E-state index in [1.165, 1.54) is 6.20 Å². The van der Waals surface area contributed by atoms with E-state index in [9.17, 15) is 9.59 Å². The number of likely N-dealkylation sites (tertiary alicyclic amines) is 1. The Bertz CT molecular complexity index is 1030. The van der Waals surface area contributed by atoms with Crippen molar-refractivity contribution >= 4 is 45.8 Å². The van der Waals surface area contributed by atoms with Crippen molar-refractivity contribution in [3.05, 3.63) is 65.8 Å². The minimum absolute atomic E-state index is 0.0751. The van der Waals surface area contributed by atoms with Crippen molar-refractivity contribution in [2.24, 2.45) is 5.92 Å². The van der Waals surface area contributed by atoms with Crippen LogP contribution in [-0.4, -0.2) is 34.9 Å². The fourth-order valence-corrected chi connectivity index (χ4v) is 3.66. The molecule has 3 amide bonds. The van der Waals surface area contributed by atoms with Gasteiger partial charge in [0.1, 0.15) is 5.82 Å². The number of fused-ring (bicyclic) bond motifs is 1. The second-order valence-corrected chi connectivity index (χ2v) is 7.51. The van der Waals surface area contributed by atoms with E-state index in [1.54, 1.807) is 17.0 Å². The zero-order valence-corrected chi connectivity index (χ0v) is 16.5. The van der Waals surface area contributed by atoms with Gasteiger partial charge < -0.3 is 15.5 Å². The van der Waals surface area contributed by atoms with Crippen molar-refractivity contribution in [1.82, 2.24) is 9.88 Å². The van der Waals surface area contributed by atoms with Gasteiger partial charge in [-0.3, -0.25) is 4.79 Å². The summed E-state index contributed by atoms with van der Waals surface area (Å²) in [7, 11) is 0. The van der Waals surface area contributed by atoms with E-state index >= 15 is 0 Å². The lowest BCUT2D eigenvalue weighted by Gasteiger charge is -2.31. The topological polar surface area (TPSA) is 74.3 Å². The number of urea groups is 1. The average molecular weight is 409 g/mol. The smallest absolute Gasteiger partial charge is 0.321 e. The Morgan fingerprint density at radius 2 is 1.72 bits per heavy atom. The van der Waals surface area contributed by atoms with Crippen LogP contribution in [0.5, 0.6) is 0 Å². The maximum Gasteiger partial charge on any atom is 0.321 e. The molecule has 0 bridgehead atoms. The molecule has 7 heteroatoms. The predicted molar refractivity (Wildman–Crippen MR) is 115 cm³/mol. The van der Waals surface area contributed by atoms with Crippen molar-refractivity contribution in [3.63, 3.8) is 0 Å². The molecule has 29 heavy (non-hydrogen) atoms. The van der Waals surface area contributed by atoms with Gasteiger partial charge in [-0.1, -0.05) is 48.0 Å². The number of nitrogens with zero attached hydrogens (tertiary/aromatic N) is 2. The molecule has 2 heterocycles. The van der Waals surface area contributed by atoms with Gasteiger partial charge in [0.15, 0.2) is 0 Å². The van der Waals surface area contributed by atoms with E-state index in [2.05, 4.69) is 15.6 Å². The van der Waals surface area contributed by atoms with E-state index in [-0.39, 0.29) is 17.9 Å². The van der Waals surface area contributed by atoms with Crippen LogP contribution in [0, 0.1) is 5.92 Å². The number of anilines is 2. The van der Waals surface area contributed by atoms with Crippen LogP contribution in [-0.2, 0) is 4.79 Å². The molecule has 1 aliphatic heterocycles. The number of hydrogen-bond acceptors (Lipinski definition) is 3. The van der Waals surface area contributed by atoms with Crippen LogP contribution in [0.4, 0.5) is 16.3 Å². The molecule has 0 aliphatic carbocycles. The third-order valence-electron chi connectivity index (χ3n) is 5.16. The molecular formula is C22H21ClN4O2. The molecule has 1 aliphatic rings. The van der Waals surface area contributed by atoms with Crippen LogP contribution in [0.25, 0.3) is 10.8 Å². The molecule has 0 unspecified atom stereocenters. The van der Waals surface area contributed by atoms with Crippen molar-refractivity contribution < 1.29 is 9.59 Å². The lowest BCUT2D eigenvalue weighted by Crippen LogP contribution is -2.43. The Morgan fingerprint density at radius 1 is 0.966 bits per heavy atom. The fourth-order valence-electron chi connectivity index (χ4n) is 3.55. The zero-order valence-electron chi connectivity index (χ0n) is 15.8. The third kappa shape index (κ3) is 4.49. The number of benzene rings is 2. The maximum absolute atomic E-state index is 12.7. The molecule has 0 atom stereocenters. The van der Waals surface area contributed by atoms with Crippen molar-refractivity contribution in [1.29, 1.82) is 0 Å². The molecule has 6 nitrogen and oxygen atoms in total. The first-order valence-corrected chi connectivity index (χ1v) is 9.94. The van der Waals surface area contributed by atoms with Crippen LogP contribution >= 0.6 is 11.6 Å². The van der Waals surface area contributed by atoms with Crippen LogP contribution in [0.1, 0.15) is 12.8 Å². The number of piperidine rings is 1. The second kappa shape index (κ2) is 8.49. The number of carbonyl (C=O) groups excluding carboxylic acids is 2. The Morgan fingerprint density at radius 3 is 2.48 bits per heavy atom. The molecule has 1 saturated heterocycles. The molecular weight excluding hydrogens is 388 g/mol. The largest absolute Gasteiger partial charge is 0.324 e. The normalized spacial score (nSPS) is 14.6.